The molecule has 0 saturated carbocycles. The van der Waals surface area contributed by atoms with Gasteiger partial charge in [-0.15, -0.1) is 0 Å². The SMILES string of the molecule is Cc1cc(N2CCC(c3ccccc3)C2)cc(C)c1C(=O)N[C@@H](CNC(=O)NC1CCC2=C1C=CCC2)C(=O)OCc1ccccc1. The zero-order valence-electron chi connectivity index (χ0n) is 27.3. The van der Waals surface area contributed by atoms with Crippen LogP contribution in [-0.4, -0.2) is 49.6 Å². The van der Waals surface area contributed by atoms with Gasteiger partial charge in [0.25, 0.3) is 5.91 Å². The first kappa shape index (κ1) is 32.1. The fourth-order valence-corrected chi connectivity index (χ4v) is 7.12. The van der Waals surface area contributed by atoms with Gasteiger partial charge < -0.3 is 25.6 Å². The zero-order chi connectivity index (χ0) is 32.8. The van der Waals surface area contributed by atoms with E-state index in [1.807, 2.05) is 62.4 Å². The zero-order valence-corrected chi connectivity index (χ0v) is 27.3. The standard InChI is InChI=1S/C39H44N4O4/c1-26-21-32(43-20-19-31(24-43)29-13-7-4-8-14-29)22-27(2)36(26)37(44)41-35(38(45)47-25-28-11-5-3-6-12-28)23-40-39(46)42-34-18-17-30-15-9-10-16-33(30)34/h3-8,10-14,16,21-22,31,34-35H,9,15,17-20,23-25H2,1-2H3,(H,41,44)(H2,40,42,46)/t31?,34?,35-/m0/s1. The van der Waals surface area contributed by atoms with Gasteiger partial charge in [0, 0.05) is 30.3 Å². The van der Waals surface area contributed by atoms with Crippen molar-refractivity contribution in [2.45, 2.75) is 70.6 Å². The number of anilines is 1. The van der Waals surface area contributed by atoms with E-state index in [0.717, 1.165) is 67.6 Å². The van der Waals surface area contributed by atoms with Gasteiger partial charge in [0.05, 0.1) is 12.6 Å². The van der Waals surface area contributed by atoms with E-state index < -0.39 is 12.0 Å². The molecule has 1 fully saturated rings. The number of hydrogen-bond acceptors (Lipinski definition) is 5. The third kappa shape index (κ3) is 7.76. The van der Waals surface area contributed by atoms with Crippen LogP contribution in [0.25, 0.3) is 0 Å². The van der Waals surface area contributed by atoms with Crippen LogP contribution in [-0.2, 0) is 16.1 Å². The van der Waals surface area contributed by atoms with Crippen LogP contribution < -0.4 is 20.9 Å². The lowest BCUT2D eigenvalue weighted by molar-refractivity contribution is -0.147. The summed E-state index contributed by atoms with van der Waals surface area (Å²) in [7, 11) is 0. The summed E-state index contributed by atoms with van der Waals surface area (Å²) in [5.74, 6) is -0.518. The van der Waals surface area contributed by atoms with E-state index in [1.165, 1.54) is 16.7 Å². The minimum absolute atomic E-state index is 0.0537. The minimum Gasteiger partial charge on any atom is -0.459 e. The first-order valence-electron chi connectivity index (χ1n) is 16.7. The molecule has 3 amide bonds. The maximum atomic E-state index is 13.8. The largest absolute Gasteiger partial charge is 0.459 e. The Hall–Kier alpha value is -4.85. The second-order valence-electron chi connectivity index (χ2n) is 12.9. The Balaban J connectivity index is 1.12. The normalized spacial score (nSPS) is 19.2. The third-order valence-corrected chi connectivity index (χ3v) is 9.58. The minimum atomic E-state index is -1.08. The maximum Gasteiger partial charge on any atom is 0.330 e. The summed E-state index contributed by atoms with van der Waals surface area (Å²) >= 11 is 0. The van der Waals surface area contributed by atoms with Gasteiger partial charge in [-0.05, 0) is 85.9 Å². The number of allylic oxidation sites excluding steroid dienone is 2. The number of nitrogens with zero attached hydrogens (tertiary/aromatic N) is 1. The van der Waals surface area contributed by atoms with Crippen LogP contribution in [0.15, 0.2) is 96.1 Å². The summed E-state index contributed by atoms with van der Waals surface area (Å²) in [5, 5.41) is 8.74. The van der Waals surface area contributed by atoms with Crippen molar-refractivity contribution in [1.29, 1.82) is 0 Å². The van der Waals surface area contributed by atoms with E-state index in [1.54, 1.807) is 0 Å². The van der Waals surface area contributed by atoms with Crippen LogP contribution >= 0.6 is 0 Å². The van der Waals surface area contributed by atoms with E-state index >= 15 is 0 Å². The van der Waals surface area contributed by atoms with Crippen molar-refractivity contribution in [1.82, 2.24) is 16.0 Å². The lowest BCUT2D eigenvalue weighted by atomic mass is 9.98. The second kappa shape index (κ2) is 14.7. The monoisotopic (exact) mass is 632 g/mol. The summed E-state index contributed by atoms with van der Waals surface area (Å²) in [5.41, 5.74) is 8.05. The van der Waals surface area contributed by atoms with Gasteiger partial charge in [-0.1, -0.05) is 78.4 Å². The molecule has 0 aromatic heterocycles. The molecular weight excluding hydrogens is 588 g/mol. The van der Waals surface area contributed by atoms with Crippen LogP contribution in [0.4, 0.5) is 10.5 Å². The highest BCUT2D eigenvalue weighted by Gasteiger charge is 2.29. The molecule has 3 atom stereocenters. The Morgan fingerprint density at radius 1 is 0.936 bits per heavy atom. The highest BCUT2D eigenvalue weighted by molar-refractivity contribution is 6.00. The predicted octanol–water partition coefficient (Wildman–Crippen LogP) is 6.25. The number of hydrogen-bond donors (Lipinski definition) is 3. The van der Waals surface area contributed by atoms with Crippen molar-refractivity contribution in [3.8, 4) is 0 Å². The van der Waals surface area contributed by atoms with Crippen LogP contribution in [0.2, 0.25) is 0 Å². The Labute approximate surface area is 277 Å². The van der Waals surface area contributed by atoms with Gasteiger partial charge in [-0.3, -0.25) is 4.79 Å². The average molecular weight is 633 g/mol. The van der Waals surface area contributed by atoms with Crippen molar-refractivity contribution in [2.75, 3.05) is 24.5 Å². The number of esters is 1. The van der Waals surface area contributed by atoms with Gasteiger partial charge in [0.15, 0.2) is 0 Å². The van der Waals surface area contributed by atoms with Crippen molar-refractivity contribution in [3.63, 3.8) is 0 Å². The van der Waals surface area contributed by atoms with Gasteiger partial charge in [-0.2, -0.15) is 0 Å². The topological polar surface area (TPSA) is 99.8 Å². The molecule has 8 heteroatoms. The van der Waals surface area contributed by atoms with E-state index in [-0.39, 0.29) is 31.1 Å². The Morgan fingerprint density at radius 3 is 2.40 bits per heavy atom. The number of rotatable bonds is 10. The number of carbonyl (C=O) groups excluding carboxylic acids is 3. The van der Waals surface area contributed by atoms with E-state index in [4.69, 9.17) is 4.74 Å². The summed E-state index contributed by atoms with van der Waals surface area (Å²) < 4.78 is 5.61. The molecule has 2 aliphatic carbocycles. The lowest BCUT2D eigenvalue weighted by Crippen LogP contribution is -2.52. The number of ether oxygens (including phenoxy) is 1. The van der Waals surface area contributed by atoms with Crippen LogP contribution in [0, 0.1) is 13.8 Å². The van der Waals surface area contributed by atoms with Gasteiger partial charge in [0.1, 0.15) is 12.6 Å². The lowest BCUT2D eigenvalue weighted by Gasteiger charge is -2.23. The quantitative estimate of drug-likeness (QED) is 0.230. The van der Waals surface area contributed by atoms with Crippen molar-refractivity contribution >= 4 is 23.6 Å². The molecule has 0 radical (unpaired) electrons. The van der Waals surface area contributed by atoms with Crippen molar-refractivity contribution < 1.29 is 19.1 Å². The molecule has 3 N–H and O–H groups in total. The molecule has 3 aromatic carbocycles. The molecule has 3 aliphatic rings. The summed E-state index contributed by atoms with van der Waals surface area (Å²) in [6.45, 7) is 5.68. The number of benzene rings is 3. The van der Waals surface area contributed by atoms with Crippen LogP contribution in [0.5, 0.6) is 0 Å². The molecule has 3 aromatic rings. The third-order valence-electron chi connectivity index (χ3n) is 9.58. The maximum absolute atomic E-state index is 13.8. The smallest absolute Gasteiger partial charge is 0.330 e. The number of nitrogens with one attached hydrogen (secondary N) is 3. The molecular formula is C39H44N4O4. The number of aryl methyl sites for hydroxylation is 2. The van der Waals surface area contributed by atoms with Gasteiger partial charge in [-0.25, -0.2) is 9.59 Å². The number of carbonyl (C=O) groups is 3. The van der Waals surface area contributed by atoms with Gasteiger partial charge >= 0.3 is 12.0 Å². The number of urea groups is 1. The van der Waals surface area contributed by atoms with E-state index in [0.29, 0.717) is 11.5 Å². The first-order chi connectivity index (χ1) is 22.9. The highest BCUT2D eigenvalue weighted by Crippen LogP contribution is 2.34. The molecule has 244 valence electrons. The molecule has 47 heavy (non-hydrogen) atoms. The molecule has 8 nitrogen and oxygen atoms in total. The molecule has 1 heterocycles. The summed E-state index contributed by atoms with van der Waals surface area (Å²) in [6.07, 6.45) is 9.26. The Kier molecular flexibility index (Phi) is 10.0. The molecule has 0 bridgehead atoms. The first-order valence-corrected chi connectivity index (χ1v) is 16.7. The molecule has 1 saturated heterocycles. The fraction of sp³-hybridized carbons (Fsp3) is 0.359. The second-order valence-corrected chi connectivity index (χ2v) is 12.9. The van der Waals surface area contributed by atoms with Crippen molar-refractivity contribution in [2.24, 2.45) is 0 Å². The Bertz CT molecular complexity index is 1640. The van der Waals surface area contributed by atoms with Crippen LogP contribution in [0.1, 0.15) is 70.6 Å². The molecule has 6 rings (SSSR count). The fourth-order valence-electron chi connectivity index (χ4n) is 7.12. The van der Waals surface area contributed by atoms with Crippen molar-refractivity contribution in [3.05, 3.63) is 124 Å². The Morgan fingerprint density at radius 2 is 1.66 bits per heavy atom. The van der Waals surface area contributed by atoms with Crippen LogP contribution in [0.3, 0.4) is 0 Å². The predicted molar refractivity (Wildman–Crippen MR) is 184 cm³/mol. The summed E-state index contributed by atoms with van der Waals surface area (Å²) in [6, 6.07) is 22.6. The van der Waals surface area contributed by atoms with E-state index in [2.05, 4.69) is 57.3 Å². The van der Waals surface area contributed by atoms with Gasteiger partial charge in [0.2, 0.25) is 0 Å². The average Bonchev–Trinajstić information content (AvgIpc) is 3.74. The highest BCUT2D eigenvalue weighted by atomic mass is 16.5. The molecule has 2 unspecified atom stereocenters. The summed E-state index contributed by atoms with van der Waals surface area (Å²) in [4.78, 5) is 42.4. The van der Waals surface area contributed by atoms with E-state index in [9.17, 15) is 14.4 Å². The molecule has 0 spiro atoms. The molecule has 1 aliphatic heterocycles. The number of amides is 3.